The number of carbonyl (C=O) groups is 1. The lowest BCUT2D eigenvalue weighted by molar-refractivity contribution is -0.116. The van der Waals surface area contributed by atoms with Gasteiger partial charge in [-0.15, -0.1) is 0 Å². The maximum Gasteiger partial charge on any atom is 0.246 e. The molecule has 156 valence electrons. The summed E-state index contributed by atoms with van der Waals surface area (Å²) in [6.45, 7) is 5.38. The number of morpholine rings is 1. The highest BCUT2D eigenvalue weighted by atomic mass is 32.2. The van der Waals surface area contributed by atoms with E-state index in [9.17, 15) is 13.2 Å². The monoisotopic (exact) mass is 417 g/mol. The molecule has 0 spiro atoms. The summed E-state index contributed by atoms with van der Waals surface area (Å²) in [7, 11) is -3.54. The van der Waals surface area contributed by atoms with E-state index in [4.69, 9.17) is 4.74 Å². The van der Waals surface area contributed by atoms with Gasteiger partial charge in [-0.3, -0.25) is 4.79 Å². The third kappa shape index (κ3) is 5.35. The van der Waals surface area contributed by atoms with Crippen molar-refractivity contribution in [2.24, 2.45) is 0 Å². The highest BCUT2D eigenvalue weighted by molar-refractivity contribution is 7.89. The molecular weight excluding hydrogens is 390 g/mol. The van der Waals surface area contributed by atoms with Crippen molar-refractivity contribution in [3.8, 4) is 0 Å². The summed E-state index contributed by atoms with van der Waals surface area (Å²) in [5.74, 6) is -0.201. The van der Waals surface area contributed by atoms with Gasteiger partial charge in [0, 0.05) is 24.5 Å². The summed E-state index contributed by atoms with van der Waals surface area (Å²) >= 11 is 0. The fraction of sp³-hybridized carbons (Fsp3) is 0.381. The molecule has 8 heteroatoms. The first-order chi connectivity index (χ1) is 13.9. The SMILES string of the molecule is CCc1ccc(N[C@@H](C)C(=O)Nc2ccc(S(=O)(=O)N3CCOCC3)cc2)cc1. The van der Waals surface area contributed by atoms with Crippen LogP contribution >= 0.6 is 0 Å². The standard InChI is InChI=1S/C21H27N3O4S/c1-3-17-4-6-18(7-5-17)22-16(2)21(25)23-19-8-10-20(11-9-19)29(26,27)24-12-14-28-15-13-24/h4-11,16,22H,3,12-15H2,1-2H3,(H,23,25)/t16-/m0/s1. The molecule has 0 radical (unpaired) electrons. The number of hydrogen-bond acceptors (Lipinski definition) is 5. The molecule has 0 unspecified atom stereocenters. The van der Waals surface area contributed by atoms with Crippen LogP contribution in [0.1, 0.15) is 19.4 Å². The number of carbonyl (C=O) groups excluding carboxylic acids is 1. The quantitative estimate of drug-likeness (QED) is 0.723. The Bertz CT molecular complexity index is 921. The fourth-order valence-corrected chi connectivity index (χ4v) is 4.46. The van der Waals surface area contributed by atoms with E-state index in [1.54, 1.807) is 19.1 Å². The number of benzene rings is 2. The Labute approximate surface area is 172 Å². The molecule has 0 aromatic heterocycles. The number of hydrogen-bond donors (Lipinski definition) is 2. The molecule has 0 bridgehead atoms. The van der Waals surface area contributed by atoms with Gasteiger partial charge in [0.15, 0.2) is 0 Å². The van der Waals surface area contributed by atoms with E-state index < -0.39 is 16.1 Å². The number of nitrogens with zero attached hydrogens (tertiary/aromatic N) is 1. The highest BCUT2D eigenvalue weighted by Gasteiger charge is 2.26. The van der Waals surface area contributed by atoms with Crippen LogP contribution < -0.4 is 10.6 Å². The van der Waals surface area contributed by atoms with Gasteiger partial charge in [-0.25, -0.2) is 8.42 Å². The van der Waals surface area contributed by atoms with Gasteiger partial charge in [-0.1, -0.05) is 19.1 Å². The summed E-state index contributed by atoms with van der Waals surface area (Å²) < 4.78 is 31.9. The molecule has 1 aliphatic rings. The van der Waals surface area contributed by atoms with Crippen LogP contribution in [-0.4, -0.2) is 51.0 Å². The molecule has 0 aliphatic carbocycles. The van der Waals surface area contributed by atoms with Crippen molar-refractivity contribution >= 4 is 27.3 Å². The van der Waals surface area contributed by atoms with Gasteiger partial charge in [0.2, 0.25) is 15.9 Å². The van der Waals surface area contributed by atoms with Crippen molar-refractivity contribution in [1.82, 2.24) is 4.31 Å². The fourth-order valence-electron chi connectivity index (χ4n) is 3.05. The van der Waals surface area contributed by atoms with Crippen LogP contribution in [0.15, 0.2) is 53.4 Å². The number of amides is 1. The van der Waals surface area contributed by atoms with Gasteiger partial charge in [0.05, 0.1) is 18.1 Å². The Morgan fingerprint density at radius 3 is 2.21 bits per heavy atom. The second kappa shape index (κ2) is 9.39. The molecule has 29 heavy (non-hydrogen) atoms. The molecule has 1 amide bonds. The number of sulfonamides is 1. The molecule has 1 saturated heterocycles. The summed E-state index contributed by atoms with van der Waals surface area (Å²) in [5, 5.41) is 5.98. The van der Waals surface area contributed by atoms with E-state index in [0.717, 1.165) is 12.1 Å². The first kappa shape index (κ1) is 21.3. The zero-order valence-electron chi connectivity index (χ0n) is 16.7. The third-order valence-corrected chi connectivity index (χ3v) is 6.78. The minimum absolute atomic E-state index is 0.201. The van der Waals surface area contributed by atoms with Crippen molar-refractivity contribution in [2.75, 3.05) is 36.9 Å². The molecule has 2 aromatic rings. The van der Waals surface area contributed by atoms with E-state index in [-0.39, 0.29) is 10.8 Å². The van der Waals surface area contributed by atoms with E-state index in [2.05, 4.69) is 17.6 Å². The van der Waals surface area contributed by atoms with Crippen molar-refractivity contribution in [3.05, 3.63) is 54.1 Å². The molecule has 1 fully saturated rings. The molecule has 2 N–H and O–H groups in total. The van der Waals surface area contributed by atoms with Crippen LogP contribution in [0.4, 0.5) is 11.4 Å². The molecule has 1 heterocycles. The zero-order valence-corrected chi connectivity index (χ0v) is 17.5. The largest absolute Gasteiger partial charge is 0.379 e. The normalized spacial score (nSPS) is 16.2. The van der Waals surface area contributed by atoms with Crippen molar-refractivity contribution in [2.45, 2.75) is 31.2 Å². The zero-order chi connectivity index (χ0) is 20.9. The maximum atomic E-state index is 12.7. The van der Waals surface area contributed by atoms with Crippen LogP contribution in [0.3, 0.4) is 0 Å². The highest BCUT2D eigenvalue weighted by Crippen LogP contribution is 2.20. The summed E-state index contributed by atoms with van der Waals surface area (Å²) in [5.41, 5.74) is 2.66. The van der Waals surface area contributed by atoms with Crippen molar-refractivity contribution < 1.29 is 17.9 Å². The molecule has 1 aliphatic heterocycles. The molecule has 7 nitrogen and oxygen atoms in total. The molecular formula is C21H27N3O4S. The van der Waals surface area contributed by atoms with Gasteiger partial charge in [0.1, 0.15) is 6.04 Å². The summed E-state index contributed by atoms with van der Waals surface area (Å²) in [6, 6.07) is 13.8. The van der Waals surface area contributed by atoms with Crippen molar-refractivity contribution in [3.63, 3.8) is 0 Å². The van der Waals surface area contributed by atoms with E-state index in [1.165, 1.54) is 22.0 Å². The van der Waals surface area contributed by atoms with Gasteiger partial charge in [-0.2, -0.15) is 4.31 Å². The molecule has 0 saturated carbocycles. The van der Waals surface area contributed by atoms with Crippen molar-refractivity contribution in [1.29, 1.82) is 0 Å². The number of nitrogens with one attached hydrogen (secondary N) is 2. The Balaban J connectivity index is 1.60. The minimum atomic E-state index is -3.54. The average Bonchev–Trinajstić information content (AvgIpc) is 2.75. The summed E-state index contributed by atoms with van der Waals surface area (Å²) in [6.07, 6.45) is 0.966. The predicted molar refractivity (Wildman–Crippen MR) is 114 cm³/mol. The first-order valence-electron chi connectivity index (χ1n) is 9.74. The lowest BCUT2D eigenvalue weighted by Crippen LogP contribution is -2.40. The first-order valence-corrected chi connectivity index (χ1v) is 11.2. The number of rotatable bonds is 7. The lowest BCUT2D eigenvalue weighted by Gasteiger charge is -2.26. The maximum absolute atomic E-state index is 12.7. The Hall–Kier alpha value is -2.42. The number of ether oxygens (including phenoxy) is 1. The topological polar surface area (TPSA) is 87.7 Å². The van der Waals surface area contributed by atoms with Crippen LogP contribution in [0.25, 0.3) is 0 Å². The van der Waals surface area contributed by atoms with Gasteiger partial charge in [0.25, 0.3) is 0 Å². The molecule has 3 rings (SSSR count). The lowest BCUT2D eigenvalue weighted by atomic mass is 10.1. The number of aryl methyl sites for hydroxylation is 1. The number of anilines is 2. The second-order valence-electron chi connectivity index (χ2n) is 6.95. The van der Waals surface area contributed by atoms with Gasteiger partial charge < -0.3 is 15.4 Å². The van der Waals surface area contributed by atoms with E-state index in [1.807, 2.05) is 24.3 Å². The van der Waals surface area contributed by atoms with Crippen LogP contribution in [0.2, 0.25) is 0 Å². The van der Waals surface area contributed by atoms with Gasteiger partial charge >= 0.3 is 0 Å². The Kier molecular flexibility index (Phi) is 6.89. The predicted octanol–water partition coefficient (Wildman–Crippen LogP) is 2.71. The second-order valence-corrected chi connectivity index (χ2v) is 8.88. The smallest absolute Gasteiger partial charge is 0.246 e. The van der Waals surface area contributed by atoms with E-state index in [0.29, 0.717) is 32.0 Å². The molecule has 1 atom stereocenters. The summed E-state index contributed by atoms with van der Waals surface area (Å²) in [4.78, 5) is 12.7. The van der Waals surface area contributed by atoms with Crippen LogP contribution in [0.5, 0.6) is 0 Å². The Morgan fingerprint density at radius 2 is 1.62 bits per heavy atom. The minimum Gasteiger partial charge on any atom is -0.379 e. The van der Waals surface area contributed by atoms with Gasteiger partial charge in [-0.05, 0) is 55.3 Å². The van der Waals surface area contributed by atoms with E-state index >= 15 is 0 Å². The van der Waals surface area contributed by atoms with Crippen LogP contribution in [0, 0.1) is 0 Å². The third-order valence-electron chi connectivity index (χ3n) is 4.87. The molecule has 2 aromatic carbocycles. The van der Waals surface area contributed by atoms with Crippen LogP contribution in [-0.2, 0) is 26.0 Å². The average molecular weight is 418 g/mol. The Morgan fingerprint density at radius 1 is 1.03 bits per heavy atom.